The first-order valence-corrected chi connectivity index (χ1v) is 7.33. The lowest BCUT2D eigenvalue weighted by Crippen LogP contribution is -2.32. The van der Waals surface area contributed by atoms with E-state index in [2.05, 4.69) is 15.5 Å². The smallest absolute Gasteiger partial charge is 0.303 e. The third kappa shape index (κ3) is 7.43. The van der Waals surface area contributed by atoms with E-state index >= 15 is 0 Å². The fourth-order valence-electron chi connectivity index (χ4n) is 1.88. The number of nitrogens with zero attached hydrogens (tertiary/aromatic N) is 2. The van der Waals surface area contributed by atoms with Gasteiger partial charge in [-0.25, -0.2) is 0 Å². The largest absolute Gasteiger partial charge is 0.481 e. The van der Waals surface area contributed by atoms with E-state index in [4.69, 9.17) is 9.63 Å². The third-order valence-corrected chi connectivity index (χ3v) is 2.98. The zero-order chi connectivity index (χ0) is 15.7. The van der Waals surface area contributed by atoms with Gasteiger partial charge in [0.15, 0.2) is 5.82 Å². The fraction of sp³-hybridized carbons (Fsp3) is 0.714. The number of carboxylic acids is 1. The fourth-order valence-corrected chi connectivity index (χ4v) is 1.88. The van der Waals surface area contributed by atoms with Crippen LogP contribution in [-0.4, -0.2) is 33.2 Å². The van der Waals surface area contributed by atoms with Gasteiger partial charge in [0.1, 0.15) is 0 Å². The number of hydrogen-bond acceptors (Lipinski definition) is 5. The number of carbonyl (C=O) groups excluding carboxylic acids is 1. The summed E-state index contributed by atoms with van der Waals surface area (Å²) in [5.74, 6) is 0.334. The van der Waals surface area contributed by atoms with Gasteiger partial charge in [0.2, 0.25) is 11.8 Å². The van der Waals surface area contributed by atoms with E-state index in [1.54, 1.807) is 6.92 Å². The number of hydrogen-bond donors (Lipinski definition) is 2. The molecule has 21 heavy (non-hydrogen) atoms. The molecule has 7 nitrogen and oxygen atoms in total. The Bertz CT molecular complexity index is 459. The average molecular weight is 297 g/mol. The van der Waals surface area contributed by atoms with E-state index in [0.717, 1.165) is 12.8 Å². The number of aromatic nitrogens is 2. The highest BCUT2D eigenvalue weighted by Gasteiger charge is 2.10. The van der Waals surface area contributed by atoms with Gasteiger partial charge in [-0.15, -0.1) is 0 Å². The summed E-state index contributed by atoms with van der Waals surface area (Å²) in [5, 5.41) is 15.2. The van der Waals surface area contributed by atoms with Crippen LogP contribution < -0.4 is 5.32 Å². The number of aliphatic carboxylic acids is 1. The molecule has 0 aromatic carbocycles. The standard InChI is InChI=1S/C14H23N3O4/c1-3-5-11-16-13(21-17-11)7-4-6-12(18)15-10(2)8-9-14(19)20/h10H,3-9H2,1-2H3,(H,15,18)(H,19,20). The van der Waals surface area contributed by atoms with Gasteiger partial charge in [-0.1, -0.05) is 12.1 Å². The van der Waals surface area contributed by atoms with Crippen LogP contribution in [0.1, 0.15) is 57.7 Å². The van der Waals surface area contributed by atoms with Crippen molar-refractivity contribution in [2.75, 3.05) is 0 Å². The molecule has 1 aromatic heterocycles. The van der Waals surface area contributed by atoms with Gasteiger partial charge in [-0.2, -0.15) is 4.98 Å². The minimum absolute atomic E-state index is 0.0592. The highest BCUT2D eigenvalue weighted by molar-refractivity contribution is 5.76. The Kier molecular flexibility index (Phi) is 7.42. The van der Waals surface area contributed by atoms with Crippen molar-refractivity contribution in [3.8, 4) is 0 Å². The molecule has 1 rings (SSSR count). The van der Waals surface area contributed by atoms with Crippen LogP contribution in [0.3, 0.4) is 0 Å². The van der Waals surface area contributed by atoms with Gasteiger partial charge < -0.3 is 14.9 Å². The Morgan fingerprint density at radius 3 is 2.76 bits per heavy atom. The molecule has 7 heteroatoms. The molecule has 0 aliphatic rings. The van der Waals surface area contributed by atoms with Gasteiger partial charge in [-0.05, 0) is 26.2 Å². The van der Waals surface area contributed by atoms with E-state index in [-0.39, 0.29) is 18.4 Å². The molecule has 2 N–H and O–H groups in total. The van der Waals surface area contributed by atoms with E-state index < -0.39 is 5.97 Å². The van der Waals surface area contributed by atoms with Crippen LogP contribution in [0.25, 0.3) is 0 Å². The van der Waals surface area contributed by atoms with E-state index in [9.17, 15) is 9.59 Å². The lowest BCUT2D eigenvalue weighted by molar-refractivity contribution is -0.137. The summed E-state index contributed by atoms with van der Waals surface area (Å²) in [6.07, 6.45) is 3.83. The minimum Gasteiger partial charge on any atom is -0.481 e. The number of nitrogens with one attached hydrogen (secondary N) is 1. The molecule has 0 saturated carbocycles. The summed E-state index contributed by atoms with van der Waals surface area (Å²) in [7, 11) is 0. The maximum atomic E-state index is 11.7. The molecule has 1 atom stereocenters. The van der Waals surface area contributed by atoms with Crippen molar-refractivity contribution < 1.29 is 19.2 Å². The van der Waals surface area contributed by atoms with Crippen molar-refractivity contribution in [1.82, 2.24) is 15.5 Å². The highest BCUT2D eigenvalue weighted by Crippen LogP contribution is 2.05. The second kappa shape index (κ2) is 9.10. The predicted octanol–water partition coefficient (Wildman–Crippen LogP) is 1.71. The van der Waals surface area contributed by atoms with Crippen molar-refractivity contribution in [3.05, 3.63) is 11.7 Å². The molecular formula is C14H23N3O4. The Labute approximate surface area is 124 Å². The van der Waals surface area contributed by atoms with Crippen molar-refractivity contribution in [2.45, 2.75) is 64.8 Å². The van der Waals surface area contributed by atoms with Crippen LogP contribution in [0.5, 0.6) is 0 Å². The number of aryl methyl sites for hydroxylation is 2. The van der Waals surface area contributed by atoms with E-state index in [0.29, 0.717) is 37.4 Å². The second-order valence-corrected chi connectivity index (χ2v) is 5.11. The summed E-state index contributed by atoms with van der Waals surface area (Å²) < 4.78 is 5.09. The monoisotopic (exact) mass is 297 g/mol. The average Bonchev–Trinajstić information content (AvgIpc) is 2.84. The summed E-state index contributed by atoms with van der Waals surface area (Å²) in [5.41, 5.74) is 0. The quantitative estimate of drug-likeness (QED) is 0.681. The normalized spacial score (nSPS) is 12.1. The summed E-state index contributed by atoms with van der Waals surface area (Å²) in [4.78, 5) is 26.3. The molecule has 0 aliphatic carbocycles. The van der Waals surface area contributed by atoms with Crippen LogP contribution in [0.4, 0.5) is 0 Å². The molecule has 1 heterocycles. The van der Waals surface area contributed by atoms with Gasteiger partial charge >= 0.3 is 5.97 Å². The van der Waals surface area contributed by atoms with Gasteiger partial charge in [0.05, 0.1) is 0 Å². The zero-order valence-electron chi connectivity index (χ0n) is 12.6. The number of rotatable bonds is 10. The van der Waals surface area contributed by atoms with Gasteiger partial charge in [0, 0.05) is 31.7 Å². The van der Waals surface area contributed by atoms with Crippen molar-refractivity contribution in [2.24, 2.45) is 0 Å². The Hall–Kier alpha value is -1.92. The van der Waals surface area contributed by atoms with E-state index in [1.807, 2.05) is 6.92 Å². The second-order valence-electron chi connectivity index (χ2n) is 5.11. The molecule has 118 valence electrons. The first-order chi connectivity index (χ1) is 10.0. The molecule has 0 fully saturated rings. The molecule has 0 spiro atoms. The zero-order valence-corrected chi connectivity index (χ0v) is 12.6. The number of carboxylic acid groups (broad SMARTS) is 1. The Morgan fingerprint density at radius 2 is 2.10 bits per heavy atom. The SMILES string of the molecule is CCCc1noc(CCCC(=O)NC(C)CCC(=O)O)n1. The Balaban J connectivity index is 2.18. The van der Waals surface area contributed by atoms with Gasteiger partial charge in [0.25, 0.3) is 0 Å². The maximum absolute atomic E-state index is 11.7. The first-order valence-electron chi connectivity index (χ1n) is 7.33. The van der Waals surface area contributed by atoms with Crippen molar-refractivity contribution in [3.63, 3.8) is 0 Å². The third-order valence-electron chi connectivity index (χ3n) is 2.98. The summed E-state index contributed by atoms with van der Waals surface area (Å²) in [6.45, 7) is 3.85. The van der Waals surface area contributed by atoms with Crippen LogP contribution in [0, 0.1) is 0 Å². The predicted molar refractivity (Wildman–Crippen MR) is 75.7 cm³/mol. The summed E-state index contributed by atoms with van der Waals surface area (Å²) in [6, 6.07) is -0.131. The van der Waals surface area contributed by atoms with Crippen molar-refractivity contribution >= 4 is 11.9 Å². The lowest BCUT2D eigenvalue weighted by Gasteiger charge is -2.12. The molecule has 1 aromatic rings. The molecule has 0 aliphatic heterocycles. The first kappa shape index (κ1) is 17.1. The van der Waals surface area contributed by atoms with Crippen LogP contribution in [0.15, 0.2) is 4.52 Å². The number of carbonyl (C=O) groups is 2. The Morgan fingerprint density at radius 1 is 1.33 bits per heavy atom. The molecule has 1 amide bonds. The van der Waals surface area contributed by atoms with Crippen LogP contribution in [-0.2, 0) is 22.4 Å². The lowest BCUT2D eigenvalue weighted by atomic mass is 10.1. The molecule has 0 saturated heterocycles. The van der Waals surface area contributed by atoms with Crippen LogP contribution >= 0.6 is 0 Å². The molecule has 0 bridgehead atoms. The highest BCUT2D eigenvalue weighted by atomic mass is 16.5. The van der Waals surface area contributed by atoms with Crippen LogP contribution in [0.2, 0.25) is 0 Å². The summed E-state index contributed by atoms with van der Waals surface area (Å²) >= 11 is 0. The number of amides is 1. The van der Waals surface area contributed by atoms with Gasteiger partial charge in [-0.3, -0.25) is 9.59 Å². The maximum Gasteiger partial charge on any atom is 0.303 e. The molecule has 0 radical (unpaired) electrons. The topological polar surface area (TPSA) is 105 Å². The minimum atomic E-state index is -0.852. The van der Waals surface area contributed by atoms with E-state index in [1.165, 1.54) is 0 Å². The molecule has 1 unspecified atom stereocenters. The molecular weight excluding hydrogens is 274 g/mol. The van der Waals surface area contributed by atoms with Crippen molar-refractivity contribution in [1.29, 1.82) is 0 Å².